The summed E-state index contributed by atoms with van der Waals surface area (Å²) in [7, 11) is 1.34. The Hall–Kier alpha value is -2.40. The van der Waals surface area contributed by atoms with Crippen molar-refractivity contribution in [1.29, 1.82) is 0 Å². The van der Waals surface area contributed by atoms with E-state index in [1.54, 1.807) is 29.5 Å². The normalized spacial score (nSPS) is 15.0. The van der Waals surface area contributed by atoms with E-state index in [0.29, 0.717) is 16.8 Å². The number of carbonyl (C=O) groups excluding carboxylic acids is 2. The zero-order valence-electron chi connectivity index (χ0n) is 11.6. The fraction of sp³-hybridized carbons (Fsp3) is 0.125. The smallest absolute Gasteiger partial charge is 0.337 e. The van der Waals surface area contributed by atoms with Crippen molar-refractivity contribution in [2.45, 2.75) is 6.92 Å². The van der Waals surface area contributed by atoms with Crippen LogP contribution in [0.4, 0.5) is 5.69 Å². The van der Waals surface area contributed by atoms with Crippen LogP contribution in [-0.2, 0) is 9.53 Å². The summed E-state index contributed by atoms with van der Waals surface area (Å²) in [5.74, 6) is -0.568. The van der Waals surface area contributed by atoms with E-state index in [0.717, 1.165) is 10.4 Å². The van der Waals surface area contributed by atoms with Gasteiger partial charge in [-0.1, -0.05) is 0 Å². The average Bonchev–Trinajstić information content (AvgIpc) is 3.02. The fourth-order valence-electron chi connectivity index (χ4n) is 2.25. The SMILES string of the molecule is COC(=O)c1ccc2c(c1)C(=Cc1ccc(C)s1)C(=O)N2. The summed E-state index contributed by atoms with van der Waals surface area (Å²) in [6.07, 6.45) is 1.85. The Labute approximate surface area is 126 Å². The number of anilines is 1. The lowest BCUT2D eigenvalue weighted by Crippen LogP contribution is -2.03. The molecule has 0 spiro atoms. The number of aryl methyl sites for hydroxylation is 1. The quantitative estimate of drug-likeness (QED) is 0.683. The number of benzene rings is 1. The number of hydrogen-bond acceptors (Lipinski definition) is 4. The van der Waals surface area contributed by atoms with E-state index in [4.69, 9.17) is 4.74 Å². The predicted octanol–water partition coefficient (Wildman–Crippen LogP) is 3.34. The highest BCUT2D eigenvalue weighted by atomic mass is 32.1. The van der Waals surface area contributed by atoms with Gasteiger partial charge in [-0.25, -0.2) is 4.79 Å². The van der Waals surface area contributed by atoms with Crippen molar-refractivity contribution in [3.05, 3.63) is 51.2 Å². The number of esters is 1. The molecule has 3 rings (SSSR count). The molecule has 1 aliphatic rings. The molecule has 106 valence electrons. The van der Waals surface area contributed by atoms with Crippen molar-refractivity contribution < 1.29 is 14.3 Å². The van der Waals surface area contributed by atoms with Crippen LogP contribution in [0.3, 0.4) is 0 Å². The van der Waals surface area contributed by atoms with Crippen LogP contribution in [0.5, 0.6) is 0 Å². The van der Waals surface area contributed by atoms with E-state index in [1.807, 2.05) is 25.1 Å². The monoisotopic (exact) mass is 299 g/mol. The lowest BCUT2D eigenvalue weighted by atomic mass is 10.0. The van der Waals surface area contributed by atoms with Gasteiger partial charge in [0.15, 0.2) is 0 Å². The first-order valence-corrected chi connectivity index (χ1v) is 7.22. The highest BCUT2D eigenvalue weighted by Crippen LogP contribution is 2.34. The number of ether oxygens (including phenoxy) is 1. The third kappa shape index (κ3) is 2.48. The molecule has 0 atom stereocenters. The third-order valence-electron chi connectivity index (χ3n) is 3.27. The Morgan fingerprint density at radius 3 is 2.76 bits per heavy atom. The first-order chi connectivity index (χ1) is 10.1. The molecule has 0 radical (unpaired) electrons. The van der Waals surface area contributed by atoms with Gasteiger partial charge in [0.25, 0.3) is 5.91 Å². The fourth-order valence-corrected chi connectivity index (χ4v) is 3.07. The van der Waals surface area contributed by atoms with Crippen LogP contribution in [0.2, 0.25) is 0 Å². The second-order valence-corrected chi connectivity index (χ2v) is 6.03. The lowest BCUT2D eigenvalue weighted by molar-refractivity contribution is -0.110. The summed E-state index contributed by atoms with van der Waals surface area (Å²) in [4.78, 5) is 25.9. The maximum absolute atomic E-state index is 12.1. The Morgan fingerprint density at radius 2 is 2.10 bits per heavy atom. The van der Waals surface area contributed by atoms with E-state index in [2.05, 4.69) is 5.32 Å². The number of rotatable bonds is 2. The summed E-state index contributed by atoms with van der Waals surface area (Å²) in [6.45, 7) is 2.02. The number of methoxy groups -OCH3 is 1. The molecule has 1 aromatic heterocycles. The molecule has 0 unspecified atom stereocenters. The molecule has 0 fully saturated rings. The molecule has 2 aromatic rings. The van der Waals surface area contributed by atoms with E-state index in [1.165, 1.54) is 12.0 Å². The average molecular weight is 299 g/mol. The second kappa shape index (κ2) is 5.18. The van der Waals surface area contributed by atoms with E-state index in [9.17, 15) is 9.59 Å². The minimum absolute atomic E-state index is 0.155. The topological polar surface area (TPSA) is 55.4 Å². The molecule has 0 saturated heterocycles. The minimum Gasteiger partial charge on any atom is -0.465 e. The molecule has 1 aliphatic heterocycles. The number of amides is 1. The van der Waals surface area contributed by atoms with Crippen LogP contribution in [0.15, 0.2) is 30.3 Å². The van der Waals surface area contributed by atoms with Gasteiger partial charge in [0.1, 0.15) is 0 Å². The van der Waals surface area contributed by atoms with Gasteiger partial charge in [0.05, 0.1) is 18.2 Å². The standard InChI is InChI=1S/C16H13NO3S/c1-9-3-5-11(21-9)8-13-12-7-10(16(19)20-2)4-6-14(12)17-15(13)18/h3-8H,1-2H3,(H,17,18). The van der Waals surface area contributed by atoms with Gasteiger partial charge in [0, 0.05) is 21.0 Å². The molecule has 4 nitrogen and oxygen atoms in total. The first kappa shape index (κ1) is 13.6. The molecule has 2 heterocycles. The number of thiophene rings is 1. The van der Waals surface area contributed by atoms with Crippen molar-refractivity contribution in [3.8, 4) is 0 Å². The van der Waals surface area contributed by atoms with Gasteiger partial charge in [0.2, 0.25) is 0 Å². The minimum atomic E-state index is -0.413. The maximum atomic E-state index is 12.1. The second-order valence-electron chi connectivity index (χ2n) is 4.71. The van der Waals surface area contributed by atoms with Gasteiger partial charge >= 0.3 is 5.97 Å². The Morgan fingerprint density at radius 1 is 1.29 bits per heavy atom. The molecule has 0 bridgehead atoms. The van der Waals surface area contributed by atoms with E-state index < -0.39 is 5.97 Å². The van der Waals surface area contributed by atoms with Crippen LogP contribution >= 0.6 is 11.3 Å². The van der Waals surface area contributed by atoms with Gasteiger partial charge in [-0.05, 0) is 43.3 Å². The van der Waals surface area contributed by atoms with Gasteiger partial charge < -0.3 is 10.1 Å². The summed E-state index contributed by atoms with van der Waals surface area (Å²) in [6, 6.07) is 9.03. The zero-order valence-corrected chi connectivity index (χ0v) is 12.4. The van der Waals surface area contributed by atoms with Crippen LogP contribution in [-0.4, -0.2) is 19.0 Å². The maximum Gasteiger partial charge on any atom is 0.337 e. The highest BCUT2D eigenvalue weighted by Gasteiger charge is 2.25. The van der Waals surface area contributed by atoms with Gasteiger partial charge in [-0.2, -0.15) is 0 Å². The van der Waals surface area contributed by atoms with Crippen molar-refractivity contribution in [3.63, 3.8) is 0 Å². The Kier molecular flexibility index (Phi) is 3.35. The van der Waals surface area contributed by atoms with Gasteiger partial charge in [-0.15, -0.1) is 11.3 Å². The van der Waals surface area contributed by atoms with Crippen molar-refractivity contribution in [2.75, 3.05) is 12.4 Å². The molecule has 1 aromatic carbocycles. The van der Waals surface area contributed by atoms with Crippen molar-refractivity contribution in [1.82, 2.24) is 0 Å². The summed E-state index contributed by atoms with van der Waals surface area (Å²) < 4.78 is 4.72. The van der Waals surface area contributed by atoms with E-state index in [-0.39, 0.29) is 5.91 Å². The molecule has 0 aliphatic carbocycles. The molecule has 21 heavy (non-hydrogen) atoms. The molecule has 1 N–H and O–H groups in total. The molecule has 0 saturated carbocycles. The van der Waals surface area contributed by atoms with Crippen LogP contribution < -0.4 is 5.32 Å². The predicted molar refractivity (Wildman–Crippen MR) is 83.3 cm³/mol. The molecule has 1 amide bonds. The molecule has 5 heteroatoms. The number of nitrogens with one attached hydrogen (secondary N) is 1. The largest absolute Gasteiger partial charge is 0.465 e. The van der Waals surface area contributed by atoms with Crippen molar-refractivity contribution in [2.24, 2.45) is 0 Å². The van der Waals surface area contributed by atoms with Crippen LogP contribution in [0, 0.1) is 6.92 Å². The summed E-state index contributed by atoms with van der Waals surface area (Å²) >= 11 is 1.62. The number of fused-ring (bicyclic) bond motifs is 1. The number of carbonyl (C=O) groups is 2. The van der Waals surface area contributed by atoms with Gasteiger partial charge in [-0.3, -0.25) is 4.79 Å². The third-order valence-corrected chi connectivity index (χ3v) is 4.22. The van der Waals surface area contributed by atoms with E-state index >= 15 is 0 Å². The Balaban J connectivity index is 2.07. The first-order valence-electron chi connectivity index (χ1n) is 6.40. The zero-order chi connectivity index (χ0) is 15.0. The Bertz CT molecular complexity index is 774. The molecular formula is C16H13NO3S. The molecular weight excluding hydrogens is 286 g/mol. The summed E-state index contributed by atoms with van der Waals surface area (Å²) in [5.41, 5.74) is 2.44. The number of hydrogen-bond donors (Lipinski definition) is 1. The van der Waals surface area contributed by atoms with Crippen LogP contribution in [0.25, 0.3) is 11.6 Å². The van der Waals surface area contributed by atoms with Crippen LogP contribution in [0.1, 0.15) is 25.7 Å². The van der Waals surface area contributed by atoms with Crippen molar-refractivity contribution >= 4 is 40.5 Å². The lowest BCUT2D eigenvalue weighted by Gasteiger charge is -2.02. The highest BCUT2D eigenvalue weighted by molar-refractivity contribution is 7.12. The summed E-state index contributed by atoms with van der Waals surface area (Å²) in [5, 5.41) is 2.80.